The van der Waals surface area contributed by atoms with Crippen molar-refractivity contribution in [2.45, 2.75) is 32.4 Å². The summed E-state index contributed by atoms with van der Waals surface area (Å²) in [6.07, 6.45) is 0.178. The molecule has 2 N–H and O–H groups in total. The van der Waals surface area contributed by atoms with E-state index in [-0.39, 0.29) is 30.5 Å². The Hall–Kier alpha value is -0.320. The number of β-amino-alcohol motifs (C(OH)–C–C–N with tert-alkyl or cyclic N) is 1. The number of hydrogen-bond donors (Lipinski definition) is 2. The highest BCUT2D eigenvalue weighted by Crippen LogP contribution is 2.09. The van der Waals surface area contributed by atoms with Gasteiger partial charge in [0.15, 0.2) is 0 Å². The topological polar surface area (TPSA) is 52.6 Å². The molecular formula is C10H21ClN2O2. The van der Waals surface area contributed by atoms with E-state index in [2.05, 4.69) is 19.2 Å². The quantitative estimate of drug-likeness (QED) is 0.739. The third-order valence-electron chi connectivity index (χ3n) is 2.42. The molecule has 15 heavy (non-hydrogen) atoms. The fraction of sp³-hybridized carbons (Fsp3) is 0.900. The molecule has 4 nitrogen and oxygen atoms in total. The number of nitrogens with zero attached hydrogens (tertiary/aromatic N) is 1. The molecule has 0 radical (unpaired) electrons. The maximum Gasteiger partial charge on any atom is 0.239 e. The highest BCUT2D eigenvalue weighted by atomic mass is 35.5. The Kier molecular flexibility index (Phi) is 6.17. The van der Waals surface area contributed by atoms with Crippen LogP contribution in [0.3, 0.4) is 0 Å². The molecule has 90 valence electrons. The molecule has 1 amide bonds. The predicted molar refractivity (Wildman–Crippen MR) is 62.1 cm³/mol. The fourth-order valence-electron chi connectivity index (χ4n) is 1.81. The Morgan fingerprint density at radius 2 is 2.20 bits per heavy atom. The minimum Gasteiger partial charge on any atom is -0.392 e. The first-order valence-corrected chi connectivity index (χ1v) is 5.17. The predicted octanol–water partition coefficient (Wildman–Crippen LogP) is 0.245. The van der Waals surface area contributed by atoms with E-state index in [9.17, 15) is 9.90 Å². The van der Waals surface area contributed by atoms with E-state index in [0.717, 1.165) is 6.54 Å². The second kappa shape index (κ2) is 6.30. The second-order valence-corrected chi connectivity index (χ2v) is 4.46. The maximum atomic E-state index is 11.8. The average molecular weight is 237 g/mol. The number of aliphatic hydroxyl groups is 1. The van der Waals surface area contributed by atoms with Crippen LogP contribution in [0.4, 0.5) is 0 Å². The van der Waals surface area contributed by atoms with Gasteiger partial charge in [0.25, 0.3) is 0 Å². The van der Waals surface area contributed by atoms with E-state index >= 15 is 0 Å². The highest BCUT2D eigenvalue weighted by Gasteiger charge is 2.29. The highest BCUT2D eigenvalue weighted by molar-refractivity contribution is 5.85. The van der Waals surface area contributed by atoms with Gasteiger partial charge in [0.05, 0.1) is 12.1 Å². The number of halogens is 1. The lowest BCUT2D eigenvalue weighted by Crippen LogP contribution is -2.42. The zero-order valence-electron chi connectivity index (χ0n) is 9.56. The van der Waals surface area contributed by atoms with Crippen molar-refractivity contribution in [3.05, 3.63) is 0 Å². The molecule has 0 aromatic heterocycles. The monoisotopic (exact) mass is 236 g/mol. The number of carbonyl (C=O) groups is 1. The minimum atomic E-state index is -0.364. The van der Waals surface area contributed by atoms with Crippen LogP contribution in [0.25, 0.3) is 0 Å². The van der Waals surface area contributed by atoms with E-state index in [0.29, 0.717) is 18.9 Å². The van der Waals surface area contributed by atoms with Crippen molar-refractivity contribution >= 4 is 18.3 Å². The van der Waals surface area contributed by atoms with Crippen molar-refractivity contribution < 1.29 is 9.90 Å². The summed E-state index contributed by atoms with van der Waals surface area (Å²) >= 11 is 0. The number of likely N-dealkylation sites (N-methyl/N-ethyl adjacent to an activating group) is 1. The van der Waals surface area contributed by atoms with Gasteiger partial charge in [-0.1, -0.05) is 13.8 Å². The van der Waals surface area contributed by atoms with Crippen LogP contribution in [0.2, 0.25) is 0 Å². The van der Waals surface area contributed by atoms with Crippen molar-refractivity contribution in [2.24, 2.45) is 5.92 Å². The zero-order chi connectivity index (χ0) is 10.7. The Balaban J connectivity index is 0.00000196. The summed E-state index contributed by atoms with van der Waals surface area (Å²) in [4.78, 5) is 13.5. The van der Waals surface area contributed by atoms with Crippen LogP contribution in [-0.2, 0) is 4.79 Å². The molecule has 0 aliphatic carbocycles. The van der Waals surface area contributed by atoms with Crippen molar-refractivity contribution in [3.63, 3.8) is 0 Å². The summed E-state index contributed by atoms with van der Waals surface area (Å²) in [7, 11) is 1.81. The van der Waals surface area contributed by atoms with E-state index in [4.69, 9.17) is 0 Å². The number of rotatable bonds is 3. The smallest absolute Gasteiger partial charge is 0.239 e. The molecule has 0 spiro atoms. The van der Waals surface area contributed by atoms with Crippen molar-refractivity contribution in [1.82, 2.24) is 10.2 Å². The van der Waals surface area contributed by atoms with Gasteiger partial charge in [-0.05, 0) is 12.3 Å². The van der Waals surface area contributed by atoms with Crippen LogP contribution in [0.5, 0.6) is 0 Å². The first kappa shape index (κ1) is 14.7. The molecule has 1 aliphatic heterocycles. The van der Waals surface area contributed by atoms with Gasteiger partial charge in [0, 0.05) is 20.1 Å². The summed E-state index contributed by atoms with van der Waals surface area (Å²) < 4.78 is 0. The molecule has 1 rings (SSSR count). The molecule has 0 aromatic rings. The summed E-state index contributed by atoms with van der Waals surface area (Å²) in [5, 5.41) is 12.3. The molecule has 1 aliphatic rings. The van der Waals surface area contributed by atoms with Gasteiger partial charge in [-0.2, -0.15) is 0 Å². The first-order valence-electron chi connectivity index (χ1n) is 5.17. The molecule has 1 saturated heterocycles. The van der Waals surface area contributed by atoms with Crippen molar-refractivity contribution in [1.29, 1.82) is 0 Å². The van der Waals surface area contributed by atoms with Crippen LogP contribution < -0.4 is 5.32 Å². The lowest BCUT2D eigenvalue weighted by atomic mass is 10.1. The summed E-state index contributed by atoms with van der Waals surface area (Å²) in [6, 6.07) is -0.186. The largest absolute Gasteiger partial charge is 0.392 e. The normalized spacial score (nSPS) is 25.1. The molecule has 0 unspecified atom stereocenters. The standard InChI is InChI=1S/C10H20N2O2.ClH/c1-7(2)6-12(3)10(14)9-4-8(13)5-11-9;/h7-9,11,13H,4-6H2,1-3H3;1H/t8-,9+;/m0./s1. The van der Waals surface area contributed by atoms with Crippen molar-refractivity contribution in [3.8, 4) is 0 Å². The molecule has 2 atom stereocenters. The number of hydrogen-bond acceptors (Lipinski definition) is 3. The fourth-order valence-corrected chi connectivity index (χ4v) is 1.81. The van der Waals surface area contributed by atoms with Gasteiger partial charge in [-0.15, -0.1) is 12.4 Å². The van der Waals surface area contributed by atoms with E-state index in [1.54, 1.807) is 4.90 Å². The lowest BCUT2D eigenvalue weighted by Gasteiger charge is -2.22. The SMILES string of the molecule is CC(C)CN(C)C(=O)[C@H]1C[C@H](O)CN1.Cl. The Morgan fingerprint density at radius 1 is 1.60 bits per heavy atom. The zero-order valence-corrected chi connectivity index (χ0v) is 10.4. The van der Waals surface area contributed by atoms with Gasteiger partial charge in [0.2, 0.25) is 5.91 Å². The van der Waals surface area contributed by atoms with Gasteiger partial charge in [-0.3, -0.25) is 4.79 Å². The Bertz CT molecular complexity index is 212. The molecule has 5 heteroatoms. The van der Waals surface area contributed by atoms with Crippen LogP contribution in [-0.4, -0.2) is 48.2 Å². The molecule has 0 bridgehead atoms. The lowest BCUT2D eigenvalue weighted by molar-refractivity contribution is -0.132. The van der Waals surface area contributed by atoms with E-state index in [1.165, 1.54) is 0 Å². The van der Waals surface area contributed by atoms with Crippen LogP contribution in [0.1, 0.15) is 20.3 Å². The maximum absolute atomic E-state index is 11.8. The molecular weight excluding hydrogens is 216 g/mol. The van der Waals surface area contributed by atoms with Crippen molar-refractivity contribution in [2.75, 3.05) is 20.1 Å². The Labute approximate surface area is 97.4 Å². The van der Waals surface area contributed by atoms with Gasteiger partial charge >= 0.3 is 0 Å². The van der Waals surface area contributed by atoms with Gasteiger partial charge in [0.1, 0.15) is 0 Å². The summed E-state index contributed by atoms with van der Waals surface area (Å²) in [5.41, 5.74) is 0. The van der Waals surface area contributed by atoms with Gasteiger partial charge in [-0.25, -0.2) is 0 Å². The molecule has 1 heterocycles. The van der Waals surface area contributed by atoms with Crippen LogP contribution in [0.15, 0.2) is 0 Å². The summed E-state index contributed by atoms with van der Waals surface area (Å²) in [6.45, 7) is 5.47. The van der Waals surface area contributed by atoms with Crippen LogP contribution >= 0.6 is 12.4 Å². The molecule has 1 fully saturated rings. The summed E-state index contributed by atoms with van der Waals surface area (Å²) in [5.74, 6) is 0.575. The third kappa shape index (κ3) is 4.36. The molecule has 0 aromatic carbocycles. The van der Waals surface area contributed by atoms with E-state index < -0.39 is 0 Å². The number of aliphatic hydroxyl groups excluding tert-OH is 1. The van der Waals surface area contributed by atoms with Crippen LogP contribution in [0, 0.1) is 5.92 Å². The number of amides is 1. The van der Waals surface area contributed by atoms with E-state index in [1.807, 2.05) is 7.05 Å². The number of carbonyl (C=O) groups excluding carboxylic acids is 1. The third-order valence-corrected chi connectivity index (χ3v) is 2.42. The van der Waals surface area contributed by atoms with Gasteiger partial charge < -0.3 is 15.3 Å². The Morgan fingerprint density at radius 3 is 2.60 bits per heavy atom. The number of nitrogens with one attached hydrogen (secondary N) is 1. The average Bonchev–Trinajstić information content (AvgIpc) is 2.49. The minimum absolute atomic E-state index is 0. The molecule has 0 saturated carbocycles. The second-order valence-electron chi connectivity index (χ2n) is 4.46. The first-order chi connectivity index (χ1) is 6.50.